The standard InChI is InChI=1S/C22H22N2O4S.2C2H6/c1-14-5-7-18(8-6-14)29(27,28)23-21-12-16(3)15(2)11-20(21)22(25)19-9-10-24(26)13-17(19)4;2*1-2/h5-13,23H,1-4H3;2*1-2H3. The van der Waals surface area contributed by atoms with Crippen LogP contribution in [0.3, 0.4) is 0 Å². The number of carbonyl (C=O) groups excluding carboxylic acids is 1. The Hall–Kier alpha value is -3.19. The number of pyridine rings is 1. The van der Waals surface area contributed by atoms with Gasteiger partial charge in [0, 0.05) is 22.8 Å². The number of anilines is 1. The van der Waals surface area contributed by atoms with Gasteiger partial charge in [-0.1, -0.05) is 45.4 Å². The highest BCUT2D eigenvalue weighted by molar-refractivity contribution is 7.92. The molecule has 0 saturated heterocycles. The minimum atomic E-state index is -3.87. The lowest BCUT2D eigenvalue weighted by Crippen LogP contribution is -2.26. The molecule has 0 amide bonds. The first-order valence-electron chi connectivity index (χ1n) is 11.0. The van der Waals surface area contributed by atoms with Crippen LogP contribution in [0.4, 0.5) is 5.69 Å². The molecule has 0 bridgehead atoms. The average molecular weight is 471 g/mol. The van der Waals surface area contributed by atoms with Crippen LogP contribution in [-0.2, 0) is 10.0 Å². The topological polar surface area (TPSA) is 90.2 Å². The van der Waals surface area contributed by atoms with Crippen molar-refractivity contribution in [2.75, 3.05) is 4.72 Å². The van der Waals surface area contributed by atoms with Gasteiger partial charge in [0.25, 0.3) is 10.0 Å². The first kappa shape index (κ1) is 27.8. The van der Waals surface area contributed by atoms with Crippen molar-refractivity contribution in [2.24, 2.45) is 0 Å². The molecule has 1 N–H and O–H groups in total. The molecule has 7 heteroatoms. The monoisotopic (exact) mass is 470 g/mol. The van der Waals surface area contributed by atoms with Crippen molar-refractivity contribution in [2.45, 2.75) is 60.3 Å². The van der Waals surface area contributed by atoms with Gasteiger partial charge in [-0.05, 0) is 63.1 Å². The van der Waals surface area contributed by atoms with E-state index in [9.17, 15) is 18.4 Å². The number of aromatic nitrogens is 1. The van der Waals surface area contributed by atoms with E-state index in [0.29, 0.717) is 15.9 Å². The summed E-state index contributed by atoms with van der Waals surface area (Å²) in [5.41, 5.74) is 3.95. The van der Waals surface area contributed by atoms with Crippen LogP contribution in [0.25, 0.3) is 0 Å². The largest absolute Gasteiger partial charge is 0.619 e. The van der Waals surface area contributed by atoms with Crippen LogP contribution < -0.4 is 9.45 Å². The van der Waals surface area contributed by atoms with Crippen molar-refractivity contribution in [3.63, 3.8) is 0 Å². The molecule has 0 spiro atoms. The molecule has 6 nitrogen and oxygen atoms in total. The van der Waals surface area contributed by atoms with Crippen molar-refractivity contribution in [1.82, 2.24) is 0 Å². The number of aryl methyl sites for hydroxylation is 4. The molecule has 0 fully saturated rings. The molecule has 3 rings (SSSR count). The normalized spacial score (nSPS) is 10.3. The second-order valence-electron chi connectivity index (χ2n) is 7.13. The van der Waals surface area contributed by atoms with Gasteiger partial charge < -0.3 is 5.21 Å². The highest BCUT2D eigenvalue weighted by Crippen LogP contribution is 2.27. The third-order valence-electron chi connectivity index (χ3n) is 4.83. The summed E-state index contributed by atoms with van der Waals surface area (Å²) < 4.78 is 28.9. The lowest BCUT2D eigenvalue weighted by molar-refractivity contribution is -0.605. The molecule has 1 aromatic heterocycles. The van der Waals surface area contributed by atoms with Crippen molar-refractivity contribution < 1.29 is 17.9 Å². The number of nitrogens with one attached hydrogen (secondary N) is 1. The van der Waals surface area contributed by atoms with Gasteiger partial charge in [-0.2, -0.15) is 4.73 Å². The summed E-state index contributed by atoms with van der Waals surface area (Å²) in [6.45, 7) is 15.2. The highest BCUT2D eigenvalue weighted by Gasteiger charge is 2.22. The number of hydrogen-bond acceptors (Lipinski definition) is 4. The minimum Gasteiger partial charge on any atom is -0.619 e. The van der Waals surface area contributed by atoms with Crippen LogP contribution in [0.1, 0.15) is 65.9 Å². The summed E-state index contributed by atoms with van der Waals surface area (Å²) in [5.74, 6) is -0.354. The first-order chi connectivity index (χ1) is 15.6. The highest BCUT2D eigenvalue weighted by atomic mass is 32.2. The van der Waals surface area contributed by atoms with Crippen LogP contribution in [0.5, 0.6) is 0 Å². The van der Waals surface area contributed by atoms with E-state index in [1.165, 1.54) is 30.6 Å². The third kappa shape index (κ3) is 6.89. The summed E-state index contributed by atoms with van der Waals surface area (Å²) in [4.78, 5) is 13.3. The molecule has 0 unspecified atom stereocenters. The Morgan fingerprint density at radius 1 is 0.818 bits per heavy atom. The molecule has 1 heterocycles. The van der Waals surface area contributed by atoms with Gasteiger partial charge in [-0.15, -0.1) is 0 Å². The quantitative estimate of drug-likeness (QED) is 0.297. The number of sulfonamides is 1. The number of hydrogen-bond donors (Lipinski definition) is 1. The van der Waals surface area contributed by atoms with Gasteiger partial charge in [0.05, 0.1) is 10.6 Å². The van der Waals surface area contributed by atoms with Gasteiger partial charge in [-0.3, -0.25) is 9.52 Å². The van der Waals surface area contributed by atoms with E-state index in [1.54, 1.807) is 31.2 Å². The van der Waals surface area contributed by atoms with Crippen LogP contribution in [0.15, 0.2) is 59.8 Å². The van der Waals surface area contributed by atoms with E-state index in [-0.39, 0.29) is 21.9 Å². The van der Waals surface area contributed by atoms with E-state index in [4.69, 9.17) is 0 Å². The third-order valence-corrected chi connectivity index (χ3v) is 6.21. The summed E-state index contributed by atoms with van der Waals surface area (Å²) in [5, 5.41) is 11.4. The summed E-state index contributed by atoms with van der Waals surface area (Å²) in [7, 11) is -3.87. The predicted molar refractivity (Wildman–Crippen MR) is 134 cm³/mol. The molecular formula is C26H34N2O4S. The van der Waals surface area contributed by atoms with Crippen molar-refractivity contribution >= 4 is 21.5 Å². The summed E-state index contributed by atoms with van der Waals surface area (Å²) >= 11 is 0. The fraction of sp³-hybridized carbons (Fsp3) is 0.308. The molecular weight excluding hydrogens is 436 g/mol. The Labute approximate surface area is 197 Å². The zero-order valence-electron chi connectivity index (χ0n) is 20.7. The van der Waals surface area contributed by atoms with Crippen LogP contribution in [0.2, 0.25) is 0 Å². The lowest BCUT2D eigenvalue weighted by atomic mass is 9.96. The Morgan fingerprint density at radius 2 is 1.36 bits per heavy atom. The Bertz CT molecular complexity index is 1200. The molecule has 0 aliphatic heterocycles. The summed E-state index contributed by atoms with van der Waals surface area (Å²) in [6.07, 6.45) is 2.56. The van der Waals surface area contributed by atoms with Crippen molar-refractivity contribution in [1.29, 1.82) is 0 Å². The van der Waals surface area contributed by atoms with E-state index in [2.05, 4.69) is 4.72 Å². The van der Waals surface area contributed by atoms with E-state index >= 15 is 0 Å². The molecule has 0 saturated carbocycles. The number of benzene rings is 2. The average Bonchev–Trinajstić information content (AvgIpc) is 2.78. The second-order valence-corrected chi connectivity index (χ2v) is 8.81. The molecule has 0 radical (unpaired) electrons. The maximum absolute atomic E-state index is 13.2. The number of nitrogens with zero attached hydrogens (tertiary/aromatic N) is 1. The Morgan fingerprint density at radius 3 is 1.91 bits per heavy atom. The van der Waals surface area contributed by atoms with Crippen molar-refractivity contribution in [3.8, 4) is 0 Å². The van der Waals surface area contributed by atoms with Gasteiger partial charge in [0.1, 0.15) is 0 Å². The minimum absolute atomic E-state index is 0.114. The number of carbonyl (C=O) groups is 1. The predicted octanol–water partition coefficient (Wildman–Crippen LogP) is 5.64. The van der Waals surface area contributed by atoms with Gasteiger partial charge in [0.15, 0.2) is 18.2 Å². The zero-order valence-corrected chi connectivity index (χ0v) is 21.5. The van der Waals surface area contributed by atoms with Crippen molar-refractivity contribution in [3.05, 3.63) is 93.4 Å². The smallest absolute Gasteiger partial charge is 0.261 e. The Kier molecular flexibility index (Phi) is 10.3. The molecule has 0 atom stereocenters. The first-order valence-corrected chi connectivity index (χ1v) is 12.5. The Balaban J connectivity index is 0.00000129. The van der Waals surface area contributed by atoms with Crippen LogP contribution in [0, 0.1) is 32.9 Å². The van der Waals surface area contributed by atoms with Gasteiger partial charge >= 0.3 is 0 Å². The number of ketones is 1. The van der Waals surface area contributed by atoms with E-state index < -0.39 is 10.0 Å². The van der Waals surface area contributed by atoms with Crippen LogP contribution in [-0.4, -0.2) is 14.2 Å². The lowest BCUT2D eigenvalue weighted by Gasteiger charge is -2.15. The molecule has 0 aliphatic rings. The maximum atomic E-state index is 13.2. The van der Waals surface area contributed by atoms with E-state index in [1.807, 2.05) is 48.5 Å². The van der Waals surface area contributed by atoms with Gasteiger partial charge in [0.2, 0.25) is 0 Å². The molecule has 33 heavy (non-hydrogen) atoms. The fourth-order valence-corrected chi connectivity index (χ4v) is 4.06. The molecule has 3 aromatic rings. The zero-order chi connectivity index (χ0) is 25.3. The van der Waals surface area contributed by atoms with E-state index in [0.717, 1.165) is 16.7 Å². The molecule has 178 valence electrons. The van der Waals surface area contributed by atoms with Crippen LogP contribution >= 0.6 is 0 Å². The second kappa shape index (κ2) is 12.2. The summed E-state index contributed by atoms with van der Waals surface area (Å²) in [6, 6.07) is 11.2. The SMILES string of the molecule is CC.CC.Cc1ccc(S(=O)(=O)Nc2cc(C)c(C)cc2C(=O)c2cc[n+]([O-])cc2C)cc1. The number of rotatable bonds is 5. The molecule has 2 aromatic carbocycles. The molecule has 0 aliphatic carbocycles. The fourth-order valence-electron chi connectivity index (χ4n) is 2.99. The maximum Gasteiger partial charge on any atom is 0.261 e. The van der Waals surface area contributed by atoms with Gasteiger partial charge in [-0.25, -0.2) is 8.42 Å².